The van der Waals surface area contributed by atoms with E-state index in [1.165, 1.54) is 24.3 Å². The summed E-state index contributed by atoms with van der Waals surface area (Å²) in [5, 5.41) is 14.2. The average Bonchev–Trinajstić information content (AvgIpc) is 2.86. The summed E-state index contributed by atoms with van der Waals surface area (Å²) in [4.78, 5) is 12.5. The third kappa shape index (κ3) is 6.42. The molecule has 0 aromatic heterocycles. The summed E-state index contributed by atoms with van der Waals surface area (Å²) in [6.45, 7) is 0.211. The van der Waals surface area contributed by atoms with Crippen LogP contribution in [0.5, 0.6) is 5.75 Å². The number of anilines is 1. The predicted octanol–water partition coefficient (Wildman–Crippen LogP) is 8.29. The van der Waals surface area contributed by atoms with E-state index in [2.05, 4.69) is 5.32 Å². The number of nitriles is 1. The van der Waals surface area contributed by atoms with Gasteiger partial charge in [-0.1, -0.05) is 65.7 Å². The predicted molar refractivity (Wildman–Crippen MR) is 138 cm³/mol. The van der Waals surface area contributed by atoms with Crippen LogP contribution < -0.4 is 10.1 Å². The minimum atomic E-state index is -4.57. The highest BCUT2D eigenvalue weighted by Crippen LogP contribution is 2.36. The lowest BCUT2D eigenvalue weighted by Crippen LogP contribution is -2.14. The minimum Gasteiger partial charge on any atom is -0.486 e. The number of rotatable bonds is 6. The van der Waals surface area contributed by atoms with E-state index >= 15 is 0 Å². The van der Waals surface area contributed by atoms with Crippen molar-refractivity contribution in [2.24, 2.45) is 0 Å². The first-order chi connectivity index (χ1) is 17.6. The lowest BCUT2D eigenvalue weighted by Gasteiger charge is -2.12. The molecule has 0 unspecified atom stereocenters. The van der Waals surface area contributed by atoms with Gasteiger partial charge in [0.2, 0.25) is 0 Å². The normalized spacial score (nSPS) is 11.7. The number of halogens is 5. The molecule has 0 aliphatic carbocycles. The largest absolute Gasteiger partial charge is 0.486 e. The van der Waals surface area contributed by atoms with Crippen molar-refractivity contribution < 1.29 is 22.7 Å². The lowest BCUT2D eigenvalue weighted by molar-refractivity contribution is -0.137. The summed E-state index contributed by atoms with van der Waals surface area (Å²) >= 11 is 12.7. The molecule has 0 aliphatic rings. The molecule has 9 heteroatoms. The number of nitrogens with one attached hydrogen (secondary N) is 1. The van der Waals surface area contributed by atoms with Crippen molar-refractivity contribution in [2.75, 3.05) is 5.32 Å². The van der Waals surface area contributed by atoms with Crippen LogP contribution in [0, 0.1) is 11.3 Å². The van der Waals surface area contributed by atoms with Gasteiger partial charge in [-0.05, 0) is 64.4 Å². The molecule has 0 heterocycles. The van der Waals surface area contributed by atoms with Crippen molar-refractivity contribution in [1.29, 1.82) is 5.26 Å². The molecule has 0 atom stereocenters. The Morgan fingerprint density at radius 2 is 1.65 bits per heavy atom. The molecule has 1 amide bonds. The molecule has 0 saturated carbocycles. The van der Waals surface area contributed by atoms with Crippen LogP contribution in [0.4, 0.5) is 18.9 Å². The summed E-state index contributed by atoms with van der Waals surface area (Å²) < 4.78 is 44.6. The summed E-state index contributed by atoms with van der Waals surface area (Å²) in [6, 6.07) is 22.6. The molecule has 0 saturated heterocycles. The van der Waals surface area contributed by atoms with E-state index < -0.39 is 17.6 Å². The van der Waals surface area contributed by atoms with E-state index in [0.717, 1.165) is 34.5 Å². The molecule has 0 bridgehead atoms. The molecule has 4 rings (SSSR count). The molecular formula is C28H17Cl2F3N2O2. The van der Waals surface area contributed by atoms with Gasteiger partial charge in [0.15, 0.2) is 5.75 Å². The highest BCUT2D eigenvalue weighted by molar-refractivity contribution is 6.37. The van der Waals surface area contributed by atoms with E-state index in [9.17, 15) is 23.2 Å². The van der Waals surface area contributed by atoms with Gasteiger partial charge in [-0.3, -0.25) is 4.79 Å². The first-order valence-electron chi connectivity index (χ1n) is 10.8. The van der Waals surface area contributed by atoms with Crippen LogP contribution >= 0.6 is 23.2 Å². The van der Waals surface area contributed by atoms with Crippen molar-refractivity contribution in [3.63, 3.8) is 0 Å². The van der Waals surface area contributed by atoms with E-state index in [1.807, 2.05) is 42.5 Å². The van der Waals surface area contributed by atoms with Gasteiger partial charge in [-0.25, -0.2) is 0 Å². The molecule has 1 N–H and O–H groups in total. The maximum atomic E-state index is 12.9. The molecule has 186 valence electrons. The molecular weight excluding hydrogens is 524 g/mol. The number of hydrogen-bond donors (Lipinski definition) is 1. The number of carbonyl (C=O) groups is 1. The number of alkyl halides is 3. The van der Waals surface area contributed by atoms with Crippen LogP contribution in [0.2, 0.25) is 10.0 Å². The van der Waals surface area contributed by atoms with Crippen LogP contribution in [0.25, 0.3) is 16.8 Å². The summed E-state index contributed by atoms with van der Waals surface area (Å²) in [5.74, 6) is -0.647. The Hall–Kier alpha value is -3.99. The first-order valence-corrected chi connectivity index (χ1v) is 11.6. The van der Waals surface area contributed by atoms with Gasteiger partial charge in [0.05, 0.1) is 15.6 Å². The Kier molecular flexibility index (Phi) is 7.72. The fourth-order valence-electron chi connectivity index (χ4n) is 3.57. The van der Waals surface area contributed by atoms with Gasteiger partial charge in [0.25, 0.3) is 5.91 Å². The summed E-state index contributed by atoms with van der Waals surface area (Å²) in [7, 11) is 0. The first kappa shape index (κ1) is 26.1. The van der Waals surface area contributed by atoms with Crippen LogP contribution in [0.3, 0.4) is 0 Å². The van der Waals surface area contributed by atoms with Gasteiger partial charge in [0.1, 0.15) is 18.2 Å². The van der Waals surface area contributed by atoms with Crippen molar-refractivity contribution >= 4 is 51.6 Å². The Morgan fingerprint density at radius 3 is 2.32 bits per heavy atom. The highest BCUT2D eigenvalue weighted by Gasteiger charge is 2.30. The van der Waals surface area contributed by atoms with E-state index in [0.29, 0.717) is 5.56 Å². The Bertz CT molecular complexity index is 1540. The standard InChI is InChI=1S/C28H17Cl2F3N2O2/c29-24-12-18(11-21(15-34)27(36)35-23-7-3-6-22(14-23)28(31,32)33)13-25(30)26(24)37-16-17-8-9-19-4-1-2-5-20(19)10-17/h1-14H,16H2,(H,35,36)/b21-11-. The van der Waals surface area contributed by atoms with Gasteiger partial charge < -0.3 is 10.1 Å². The number of hydrogen-bond acceptors (Lipinski definition) is 3. The fourth-order valence-corrected chi connectivity index (χ4v) is 4.18. The monoisotopic (exact) mass is 540 g/mol. The Balaban J connectivity index is 1.50. The molecule has 4 nitrogen and oxygen atoms in total. The van der Waals surface area contributed by atoms with Gasteiger partial charge in [-0.2, -0.15) is 18.4 Å². The van der Waals surface area contributed by atoms with Crippen LogP contribution in [-0.4, -0.2) is 5.91 Å². The highest BCUT2D eigenvalue weighted by atomic mass is 35.5. The minimum absolute atomic E-state index is 0.102. The number of carbonyl (C=O) groups excluding carboxylic acids is 1. The number of amides is 1. The summed E-state index contributed by atoms with van der Waals surface area (Å²) in [6.07, 6.45) is -3.34. The van der Waals surface area contributed by atoms with Crippen molar-refractivity contribution in [3.8, 4) is 11.8 Å². The molecule has 0 radical (unpaired) electrons. The maximum absolute atomic E-state index is 12.9. The van der Waals surface area contributed by atoms with E-state index in [1.54, 1.807) is 6.07 Å². The lowest BCUT2D eigenvalue weighted by atomic mass is 10.1. The molecule has 4 aromatic rings. The van der Waals surface area contributed by atoms with Crippen molar-refractivity contribution in [2.45, 2.75) is 12.8 Å². The molecule has 0 spiro atoms. The second kappa shape index (κ2) is 11.0. The van der Waals surface area contributed by atoms with Crippen LogP contribution in [0.1, 0.15) is 16.7 Å². The zero-order chi connectivity index (χ0) is 26.6. The average molecular weight is 541 g/mol. The second-order valence-electron chi connectivity index (χ2n) is 7.99. The zero-order valence-electron chi connectivity index (χ0n) is 18.9. The Labute approximate surface area is 220 Å². The van der Waals surface area contributed by atoms with Gasteiger partial charge >= 0.3 is 6.18 Å². The second-order valence-corrected chi connectivity index (χ2v) is 8.80. The smallest absolute Gasteiger partial charge is 0.416 e. The van der Waals surface area contributed by atoms with Crippen molar-refractivity contribution in [3.05, 3.63) is 111 Å². The van der Waals surface area contributed by atoms with Crippen LogP contribution in [-0.2, 0) is 17.6 Å². The van der Waals surface area contributed by atoms with Gasteiger partial charge in [0, 0.05) is 5.69 Å². The fraction of sp³-hybridized carbons (Fsp3) is 0.0714. The Morgan fingerprint density at radius 1 is 0.946 bits per heavy atom. The van der Waals surface area contributed by atoms with E-state index in [-0.39, 0.29) is 33.7 Å². The zero-order valence-corrected chi connectivity index (χ0v) is 20.5. The quantitative estimate of drug-likeness (QED) is 0.197. The third-order valence-electron chi connectivity index (χ3n) is 5.34. The van der Waals surface area contributed by atoms with Gasteiger partial charge in [-0.15, -0.1) is 0 Å². The topological polar surface area (TPSA) is 62.1 Å². The third-order valence-corrected chi connectivity index (χ3v) is 5.90. The molecule has 4 aromatic carbocycles. The SMILES string of the molecule is N#C/C(=C/c1cc(Cl)c(OCc2ccc3ccccc3c2)c(Cl)c1)C(=O)Nc1cccc(C(F)(F)F)c1. The molecule has 0 aliphatic heterocycles. The summed E-state index contributed by atoms with van der Waals surface area (Å²) in [5.41, 5.74) is -0.133. The number of fused-ring (bicyclic) bond motifs is 1. The number of benzene rings is 4. The van der Waals surface area contributed by atoms with Crippen LogP contribution in [0.15, 0.2) is 84.4 Å². The number of ether oxygens (including phenoxy) is 1. The molecule has 0 fully saturated rings. The number of nitrogens with zero attached hydrogens (tertiary/aromatic N) is 1. The molecule has 37 heavy (non-hydrogen) atoms. The van der Waals surface area contributed by atoms with Crippen molar-refractivity contribution in [1.82, 2.24) is 0 Å². The maximum Gasteiger partial charge on any atom is 0.416 e. The van der Waals surface area contributed by atoms with E-state index in [4.69, 9.17) is 27.9 Å².